The lowest BCUT2D eigenvalue weighted by Gasteiger charge is -1.81. The summed E-state index contributed by atoms with van der Waals surface area (Å²) in [4.78, 5) is 0. The minimum atomic E-state index is -0.000000000000000222. The van der Waals surface area contributed by atoms with Crippen molar-refractivity contribution in [3.8, 4) is 0 Å². The fourth-order valence-corrected chi connectivity index (χ4v) is 0.675. The Hall–Kier alpha value is -0.820. The van der Waals surface area contributed by atoms with Gasteiger partial charge in [-0.1, -0.05) is 0 Å². The van der Waals surface area contributed by atoms with Gasteiger partial charge in [0, 0.05) is 11.1 Å². The first-order valence-electron chi connectivity index (χ1n) is 2.75. The summed E-state index contributed by atoms with van der Waals surface area (Å²) in [6.07, 6.45) is 3.48. The van der Waals surface area contributed by atoms with Crippen molar-refractivity contribution in [2.45, 2.75) is 0 Å². The van der Waals surface area contributed by atoms with Crippen LogP contribution in [0.4, 0.5) is 0 Å². The molecule has 0 aliphatic heterocycles. The van der Waals surface area contributed by atoms with E-state index in [9.17, 15) is 0 Å². The molecule has 0 aromatic heterocycles. The van der Waals surface area contributed by atoms with Crippen LogP contribution in [0.15, 0.2) is 29.0 Å². The molecule has 9 heavy (non-hydrogen) atoms. The number of aliphatic hydroxyl groups is 2. The van der Waals surface area contributed by atoms with Crippen LogP contribution in [0.1, 0.15) is 0 Å². The smallest absolute Gasteiger partial charge is 0.0754 e. The molecule has 1 rings (SSSR count). The first-order valence-corrected chi connectivity index (χ1v) is 2.75. The van der Waals surface area contributed by atoms with E-state index in [1.807, 2.05) is 0 Å². The van der Waals surface area contributed by atoms with Crippen molar-refractivity contribution in [1.82, 2.24) is 0 Å². The van der Waals surface area contributed by atoms with Crippen molar-refractivity contribution in [3.63, 3.8) is 0 Å². The first kappa shape index (κ1) is 6.30. The van der Waals surface area contributed by atoms with Crippen molar-refractivity contribution in [1.29, 1.82) is 0 Å². The van der Waals surface area contributed by atoms with Gasteiger partial charge in [-0.05, 0) is 12.2 Å². The van der Waals surface area contributed by atoms with E-state index >= 15 is 0 Å². The Kier molecular flexibility index (Phi) is 1.85. The van der Waals surface area contributed by atoms with Crippen LogP contribution in [0.3, 0.4) is 0 Å². The van der Waals surface area contributed by atoms with E-state index in [1.54, 1.807) is 12.2 Å². The Morgan fingerprint density at radius 1 is 1.11 bits per heavy atom. The highest BCUT2D eigenvalue weighted by Crippen LogP contribution is 2.06. The number of hydrogen-bond donors (Lipinski definition) is 2. The maximum atomic E-state index is 8.53. The van der Waals surface area contributed by atoms with Gasteiger partial charge in [0.2, 0.25) is 0 Å². The fraction of sp³-hybridized carbons (Fsp3) is 0.286. The predicted octanol–water partition coefficient (Wildman–Crippen LogP) is -0.00750. The Bertz CT molecular complexity index is 177. The standard InChI is InChI=1S/C7H8O2/c8-4-6-1-2-7(3-6)5-9/h1-2,8-9H,4-5H2. The molecule has 1 aliphatic carbocycles. The molecule has 0 saturated heterocycles. The average molecular weight is 124 g/mol. The van der Waals surface area contributed by atoms with Crippen LogP contribution in [-0.4, -0.2) is 23.4 Å². The van der Waals surface area contributed by atoms with Gasteiger partial charge in [-0.15, -0.1) is 5.73 Å². The lowest BCUT2D eigenvalue weighted by atomic mass is 10.3. The second kappa shape index (κ2) is 2.65. The van der Waals surface area contributed by atoms with Gasteiger partial charge < -0.3 is 10.2 Å². The summed E-state index contributed by atoms with van der Waals surface area (Å²) < 4.78 is 0. The van der Waals surface area contributed by atoms with E-state index in [1.165, 1.54) is 0 Å². The highest BCUT2D eigenvalue weighted by Gasteiger charge is 1.96. The zero-order chi connectivity index (χ0) is 6.69. The highest BCUT2D eigenvalue weighted by molar-refractivity contribution is 5.36. The summed E-state index contributed by atoms with van der Waals surface area (Å²) in [6.45, 7) is -0.000000000000000222. The molecule has 2 N–H and O–H groups in total. The molecule has 0 saturated carbocycles. The average Bonchev–Trinajstić information content (AvgIpc) is 2.34. The van der Waals surface area contributed by atoms with Crippen molar-refractivity contribution in [3.05, 3.63) is 29.0 Å². The van der Waals surface area contributed by atoms with Gasteiger partial charge in [0.1, 0.15) is 0 Å². The summed E-state index contributed by atoms with van der Waals surface area (Å²) in [5.41, 5.74) is 4.28. The lowest BCUT2D eigenvalue weighted by molar-refractivity contribution is 0.333. The Balaban J connectivity index is 2.78. The van der Waals surface area contributed by atoms with Crippen molar-refractivity contribution >= 4 is 0 Å². The van der Waals surface area contributed by atoms with Gasteiger partial charge in [0.05, 0.1) is 13.2 Å². The Labute approximate surface area is 53.4 Å². The molecular weight excluding hydrogens is 116 g/mol. The zero-order valence-electron chi connectivity index (χ0n) is 4.96. The van der Waals surface area contributed by atoms with Crippen LogP contribution >= 0.6 is 0 Å². The van der Waals surface area contributed by atoms with Crippen LogP contribution in [-0.2, 0) is 0 Å². The lowest BCUT2D eigenvalue weighted by Crippen LogP contribution is -1.80. The first-order chi connectivity index (χ1) is 4.36. The SMILES string of the molecule is OCC1=C=C(CO)C=C1. The molecule has 2 heteroatoms. The van der Waals surface area contributed by atoms with Crippen LogP contribution in [0.25, 0.3) is 0 Å². The molecule has 0 aromatic rings. The minimum absolute atomic E-state index is 0. The minimum Gasteiger partial charge on any atom is -0.391 e. The third kappa shape index (κ3) is 1.30. The number of rotatable bonds is 2. The van der Waals surface area contributed by atoms with Crippen LogP contribution in [0.5, 0.6) is 0 Å². The zero-order valence-corrected chi connectivity index (χ0v) is 4.96. The molecule has 0 unspecified atom stereocenters. The van der Waals surface area contributed by atoms with Crippen molar-refractivity contribution < 1.29 is 10.2 Å². The summed E-state index contributed by atoms with van der Waals surface area (Å²) in [5.74, 6) is 0. The molecule has 1 aliphatic rings. The van der Waals surface area contributed by atoms with Gasteiger partial charge in [0.15, 0.2) is 0 Å². The van der Waals surface area contributed by atoms with Crippen molar-refractivity contribution in [2.24, 2.45) is 0 Å². The van der Waals surface area contributed by atoms with Crippen molar-refractivity contribution in [2.75, 3.05) is 13.2 Å². The van der Waals surface area contributed by atoms with E-state index in [4.69, 9.17) is 10.2 Å². The molecule has 0 atom stereocenters. The van der Waals surface area contributed by atoms with E-state index in [0.29, 0.717) is 0 Å². The molecule has 0 aromatic carbocycles. The van der Waals surface area contributed by atoms with Gasteiger partial charge in [0.25, 0.3) is 0 Å². The van der Waals surface area contributed by atoms with E-state index in [2.05, 4.69) is 5.73 Å². The fourth-order valence-electron chi connectivity index (χ4n) is 0.675. The maximum absolute atomic E-state index is 8.53. The molecule has 0 bridgehead atoms. The largest absolute Gasteiger partial charge is 0.391 e. The highest BCUT2D eigenvalue weighted by atomic mass is 16.3. The second-order valence-corrected chi connectivity index (χ2v) is 1.83. The van der Waals surface area contributed by atoms with Gasteiger partial charge in [-0.25, -0.2) is 0 Å². The van der Waals surface area contributed by atoms with E-state index < -0.39 is 0 Å². The third-order valence-electron chi connectivity index (χ3n) is 1.15. The van der Waals surface area contributed by atoms with Crippen LogP contribution in [0.2, 0.25) is 0 Å². The normalized spacial score (nSPS) is 15.8. The van der Waals surface area contributed by atoms with Crippen LogP contribution in [0, 0.1) is 0 Å². The number of hydrogen-bond acceptors (Lipinski definition) is 2. The molecule has 0 radical (unpaired) electrons. The molecule has 0 heterocycles. The Morgan fingerprint density at radius 2 is 1.56 bits per heavy atom. The molecular formula is C7H8O2. The maximum Gasteiger partial charge on any atom is 0.0754 e. The molecule has 0 spiro atoms. The Morgan fingerprint density at radius 3 is 1.78 bits per heavy atom. The summed E-state index contributed by atoms with van der Waals surface area (Å²) in [7, 11) is 0. The number of aliphatic hydroxyl groups excluding tert-OH is 2. The molecule has 0 fully saturated rings. The van der Waals surface area contributed by atoms with E-state index in [0.717, 1.165) is 11.1 Å². The van der Waals surface area contributed by atoms with Gasteiger partial charge in [-0.3, -0.25) is 0 Å². The molecule has 0 amide bonds. The van der Waals surface area contributed by atoms with Gasteiger partial charge >= 0.3 is 0 Å². The summed E-state index contributed by atoms with van der Waals surface area (Å²) in [5, 5.41) is 17.1. The predicted molar refractivity (Wildman–Crippen MR) is 33.9 cm³/mol. The monoisotopic (exact) mass is 124 g/mol. The molecule has 2 nitrogen and oxygen atoms in total. The van der Waals surface area contributed by atoms with Crippen LogP contribution < -0.4 is 0 Å². The van der Waals surface area contributed by atoms with Gasteiger partial charge in [-0.2, -0.15) is 0 Å². The second-order valence-electron chi connectivity index (χ2n) is 1.83. The summed E-state index contributed by atoms with van der Waals surface area (Å²) in [6, 6.07) is 0. The topological polar surface area (TPSA) is 40.5 Å². The summed E-state index contributed by atoms with van der Waals surface area (Å²) >= 11 is 0. The molecule has 48 valence electrons. The third-order valence-corrected chi connectivity index (χ3v) is 1.15. The quantitative estimate of drug-likeness (QED) is 0.508. The van der Waals surface area contributed by atoms with E-state index in [-0.39, 0.29) is 13.2 Å².